The first-order valence-corrected chi connectivity index (χ1v) is 9.93. The number of carbonyl (C=O) groups excluding carboxylic acids is 2. The third-order valence-corrected chi connectivity index (χ3v) is 4.76. The maximum atomic E-state index is 12.6. The van der Waals surface area contributed by atoms with E-state index in [2.05, 4.69) is 5.32 Å². The lowest BCUT2D eigenvalue weighted by Gasteiger charge is -2.21. The minimum absolute atomic E-state index is 0.0472. The number of amides is 2. The van der Waals surface area contributed by atoms with Crippen LogP contribution in [-0.4, -0.2) is 51.1 Å². The average molecular weight is 415 g/mol. The molecule has 0 atom stereocenters. The van der Waals surface area contributed by atoms with Gasteiger partial charge in [-0.15, -0.1) is 0 Å². The number of nitrogens with one attached hydrogen (secondary N) is 1. The van der Waals surface area contributed by atoms with E-state index in [1.54, 1.807) is 50.5 Å². The molecule has 0 unspecified atom stereocenters. The molecule has 0 aliphatic heterocycles. The highest BCUT2D eigenvalue weighted by Crippen LogP contribution is 2.28. The van der Waals surface area contributed by atoms with Crippen molar-refractivity contribution >= 4 is 11.8 Å². The number of hydrogen-bond acceptors (Lipinski definition) is 5. The molecule has 0 fully saturated rings. The molecule has 0 bridgehead atoms. The van der Waals surface area contributed by atoms with Crippen LogP contribution in [0.5, 0.6) is 17.2 Å². The van der Waals surface area contributed by atoms with Crippen LogP contribution in [0.1, 0.15) is 35.7 Å². The number of methoxy groups -OCH3 is 3. The van der Waals surface area contributed by atoms with Gasteiger partial charge in [-0.25, -0.2) is 0 Å². The number of ether oxygens (including phenoxy) is 3. The molecular formula is C23H30N2O5. The van der Waals surface area contributed by atoms with Crippen molar-refractivity contribution in [1.29, 1.82) is 0 Å². The minimum atomic E-state index is -0.164. The number of hydrogen-bond donors (Lipinski definition) is 1. The first kappa shape index (κ1) is 23.1. The SMILES string of the molecule is CCN(Cc1ccc(OC)c(OC)c1)C(=O)CCCNC(=O)c1ccc(OC)cc1. The van der Waals surface area contributed by atoms with Crippen molar-refractivity contribution < 1.29 is 23.8 Å². The van der Waals surface area contributed by atoms with Gasteiger partial charge in [-0.05, 0) is 55.3 Å². The average Bonchev–Trinajstić information content (AvgIpc) is 2.79. The first-order valence-electron chi connectivity index (χ1n) is 9.93. The summed E-state index contributed by atoms with van der Waals surface area (Å²) < 4.78 is 15.7. The Morgan fingerprint density at radius 3 is 2.23 bits per heavy atom. The van der Waals surface area contributed by atoms with Gasteiger partial charge >= 0.3 is 0 Å². The number of benzene rings is 2. The van der Waals surface area contributed by atoms with Gasteiger partial charge in [-0.2, -0.15) is 0 Å². The zero-order chi connectivity index (χ0) is 21.9. The summed E-state index contributed by atoms with van der Waals surface area (Å²) in [6, 6.07) is 12.5. The molecule has 162 valence electrons. The fraction of sp³-hybridized carbons (Fsp3) is 0.391. The van der Waals surface area contributed by atoms with Crippen molar-refractivity contribution in [3.63, 3.8) is 0 Å². The molecule has 0 saturated heterocycles. The molecule has 2 amide bonds. The van der Waals surface area contributed by atoms with E-state index in [9.17, 15) is 9.59 Å². The standard InChI is InChI=1S/C23H30N2O5/c1-5-25(16-17-8-13-20(29-3)21(15-17)30-4)22(26)7-6-14-24-23(27)18-9-11-19(28-2)12-10-18/h8-13,15H,5-7,14,16H2,1-4H3,(H,24,27). The van der Waals surface area contributed by atoms with Crippen LogP contribution in [-0.2, 0) is 11.3 Å². The molecule has 0 aromatic heterocycles. The van der Waals surface area contributed by atoms with Crippen molar-refractivity contribution in [2.45, 2.75) is 26.3 Å². The predicted octanol–water partition coefficient (Wildman–Crippen LogP) is 3.27. The van der Waals surface area contributed by atoms with Gasteiger partial charge in [-0.1, -0.05) is 6.07 Å². The summed E-state index contributed by atoms with van der Waals surface area (Å²) >= 11 is 0. The third-order valence-electron chi connectivity index (χ3n) is 4.76. The van der Waals surface area contributed by atoms with Crippen LogP contribution >= 0.6 is 0 Å². The highest BCUT2D eigenvalue weighted by Gasteiger charge is 2.14. The number of carbonyl (C=O) groups is 2. The van der Waals surface area contributed by atoms with Gasteiger partial charge in [0.25, 0.3) is 5.91 Å². The largest absolute Gasteiger partial charge is 0.497 e. The summed E-state index contributed by atoms with van der Waals surface area (Å²) in [5, 5.41) is 2.85. The first-order chi connectivity index (χ1) is 14.5. The van der Waals surface area contributed by atoms with Crippen LogP contribution < -0.4 is 19.5 Å². The summed E-state index contributed by atoms with van der Waals surface area (Å²) in [6.07, 6.45) is 0.938. The van der Waals surface area contributed by atoms with E-state index >= 15 is 0 Å². The molecule has 7 nitrogen and oxygen atoms in total. The molecule has 1 N–H and O–H groups in total. The van der Waals surface area contributed by atoms with Gasteiger partial charge < -0.3 is 24.4 Å². The van der Waals surface area contributed by atoms with Crippen LogP contribution in [0.25, 0.3) is 0 Å². The smallest absolute Gasteiger partial charge is 0.251 e. The maximum Gasteiger partial charge on any atom is 0.251 e. The second-order valence-corrected chi connectivity index (χ2v) is 6.69. The Kier molecular flexibility index (Phi) is 9.00. The molecular weight excluding hydrogens is 384 g/mol. The van der Waals surface area contributed by atoms with E-state index in [1.807, 2.05) is 25.1 Å². The summed E-state index contributed by atoms with van der Waals surface area (Å²) in [5.41, 5.74) is 1.53. The summed E-state index contributed by atoms with van der Waals surface area (Å²) in [5.74, 6) is 1.88. The second kappa shape index (κ2) is 11.7. The number of rotatable bonds is 11. The van der Waals surface area contributed by atoms with Gasteiger partial charge in [0.15, 0.2) is 11.5 Å². The monoisotopic (exact) mass is 414 g/mol. The van der Waals surface area contributed by atoms with Gasteiger partial charge in [0.1, 0.15) is 5.75 Å². The zero-order valence-corrected chi connectivity index (χ0v) is 18.1. The van der Waals surface area contributed by atoms with Gasteiger partial charge in [0.2, 0.25) is 5.91 Å². The van der Waals surface area contributed by atoms with Gasteiger partial charge in [0.05, 0.1) is 21.3 Å². The van der Waals surface area contributed by atoms with Crippen LogP contribution in [0.3, 0.4) is 0 Å². The number of nitrogens with zero attached hydrogens (tertiary/aromatic N) is 1. The Hall–Kier alpha value is -3.22. The molecule has 2 rings (SSSR count). The molecule has 0 saturated carbocycles. The molecule has 2 aromatic rings. The van der Waals surface area contributed by atoms with Gasteiger partial charge in [0, 0.05) is 31.6 Å². The summed E-state index contributed by atoms with van der Waals surface area (Å²) in [6.45, 7) is 3.48. The van der Waals surface area contributed by atoms with E-state index in [-0.39, 0.29) is 11.8 Å². The second-order valence-electron chi connectivity index (χ2n) is 6.69. The van der Waals surface area contributed by atoms with Crippen LogP contribution in [0, 0.1) is 0 Å². The van der Waals surface area contributed by atoms with Crippen molar-refractivity contribution in [2.75, 3.05) is 34.4 Å². The fourth-order valence-corrected chi connectivity index (χ4v) is 3.02. The molecule has 7 heteroatoms. The van der Waals surface area contributed by atoms with Crippen molar-refractivity contribution in [3.8, 4) is 17.2 Å². The van der Waals surface area contributed by atoms with Crippen molar-refractivity contribution in [2.24, 2.45) is 0 Å². The van der Waals surface area contributed by atoms with Crippen LogP contribution in [0.4, 0.5) is 0 Å². The Bertz CT molecular complexity index is 836. The lowest BCUT2D eigenvalue weighted by atomic mass is 10.1. The molecule has 2 aromatic carbocycles. The summed E-state index contributed by atoms with van der Waals surface area (Å²) in [4.78, 5) is 26.5. The molecule has 0 spiro atoms. The Balaban J connectivity index is 1.81. The topological polar surface area (TPSA) is 77.1 Å². The highest BCUT2D eigenvalue weighted by atomic mass is 16.5. The van der Waals surface area contributed by atoms with Crippen molar-refractivity contribution in [3.05, 3.63) is 53.6 Å². The van der Waals surface area contributed by atoms with E-state index in [0.717, 1.165) is 5.56 Å². The molecule has 0 radical (unpaired) electrons. The third kappa shape index (κ3) is 6.40. The van der Waals surface area contributed by atoms with Crippen molar-refractivity contribution in [1.82, 2.24) is 10.2 Å². The van der Waals surface area contributed by atoms with E-state index in [4.69, 9.17) is 14.2 Å². The normalized spacial score (nSPS) is 10.3. The fourth-order valence-electron chi connectivity index (χ4n) is 3.02. The Morgan fingerprint density at radius 2 is 1.63 bits per heavy atom. The van der Waals surface area contributed by atoms with Crippen LogP contribution in [0.2, 0.25) is 0 Å². The quantitative estimate of drug-likeness (QED) is 0.571. The lowest BCUT2D eigenvalue weighted by Crippen LogP contribution is -2.31. The zero-order valence-electron chi connectivity index (χ0n) is 18.1. The molecule has 0 aliphatic carbocycles. The molecule has 0 heterocycles. The van der Waals surface area contributed by atoms with E-state index in [1.165, 1.54) is 0 Å². The Labute approximate surface area is 177 Å². The minimum Gasteiger partial charge on any atom is -0.497 e. The highest BCUT2D eigenvalue weighted by molar-refractivity contribution is 5.94. The van der Waals surface area contributed by atoms with Gasteiger partial charge in [-0.3, -0.25) is 9.59 Å². The van der Waals surface area contributed by atoms with E-state index < -0.39 is 0 Å². The van der Waals surface area contributed by atoms with E-state index in [0.29, 0.717) is 55.3 Å². The van der Waals surface area contributed by atoms with Crippen LogP contribution in [0.15, 0.2) is 42.5 Å². The predicted molar refractivity (Wildman–Crippen MR) is 115 cm³/mol. The molecule has 0 aliphatic rings. The maximum absolute atomic E-state index is 12.6. The summed E-state index contributed by atoms with van der Waals surface area (Å²) in [7, 11) is 4.76. The molecule has 30 heavy (non-hydrogen) atoms. The lowest BCUT2D eigenvalue weighted by molar-refractivity contribution is -0.131. The Morgan fingerprint density at radius 1 is 0.933 bits per heavy atom.